The molecule has 0 bridgehead atoms. The molecule has 2 aromatic carbocycles. The molecule has 5 heterocycles. The van der Waals surface area contributed by atoms with Crippen LogP contribution in [0.1, 0.15) is 35.2 Å². The molecule has 7 rings (SSSR count). The van der Waals surface area contributed by atoms with Crippen LogP contribution in [0.15, 0.2) is 60.8 Å². The van der Waals surface area contributed by atoms with E-state index in [9.17, 15) is 14.6 Å². The van der Waals surface area contributed by atoms with Crippen molar-refractivity contribution in [3.05, 3.63) is 89.1 Å². The molecule has 2 N–H and O–H groups in total. The number of benzene rings is 2. The predicted octanol–water partition coefficient (Wildman–Crippen LogP) is 3.52. The first kappa shape index (κ1) is 30.8. The third kappa shape index (κ3) is 6.54. The average Bonchev–Trinajstić information content (AvgIpc) is 3.64. The van der Waals surface area contributed by atoms with Gasteiger partial charge in [0.2, 0.25) is 5.88 Å². The highest BCUT2D eigenvalue weighted by atomic mass is 19.1. The van der Waals surface area contributed by atoms with Crippen molar-refractivity contribution in [2.24, 2.45) is 7.05 Å². The first-order valence-corrected chi connectivity index (χ1v) is 15.6. The highest BCUT2D eigenvalue weighted by molar-refractivity contribution is 5.92. The summed E-state index contributed by atoms with van der Waals surface area (Å²) in [6.07, 6.45) is 1.27. The van der Waals surface area contributed by atoms with Gasteiger partial charge in [-0.1, -0.05) is 12.1 Å². The molecular formula is C34H35FN8O4. The van der Waals surface area contributed by atoms with Crippen LogP contribution >= 0.6 is 0 Å². The van der Waals surface area contributed by atoms with Crippen molar-refractivity contribution in [1.29, 1.82) is 5.26 Å². The zero-order chi connectivity index (χ0) is 32.5. The van der Waals surface area contributed by atoms with Crippen LogP contribution in [-0.2, 0) is 31.5 Å². The summed E-state index contributed by atoms with van der Waals surface area (Å²) in [5.41, 5.74) is 4.06. The lowest BCUT2D eigenvalue weighted by Crippen LogP contribution is -2.46. The van der Waals surface area contributed by atoms with E-state index in [2.05, 4.69) is 24.4 Å². The van der Waals surface area contributed by atoms with Crippen molar-refractivity contribution in [1.82, 2.24) is 29.2 Å². The predicted molar refractivity (Wildman–Crippen MR) is 171 cm³/mol. The highest BCUT2D eigenvalue weighted by Gasteiger charge is 2.27. The number of hydrogen-bond acceptors (Lipinski definition) is 10. The molecule has 3 aromatic heterocycles. The molecule has 2 saturated heterocycles. The number of nitriles is 1. The lowest BCUT2D eigenvalue weighted by Gasteiger charge is -2.35. The third-order valence-corrected chi connectivity index (χ3v) is 8.75. The minimum Gasteiger partial charge on any atom is -0.473 e. The number of hydrogen-bond donors (Lipinski definition) is 2. The van der Waals surface area contributed by atoms with Crippen LogP contribution in [0.5, 0.6) is 5.88 Å². The van der Waals surface area contributed by atoms with Gasteiger partial charge < -0.3 is 29.2 Å². The van der Waals surface area contributed by atoms with Gasteiger partial charge >= 0.3 is 0 Å². The van der Waals surface area contributed by atoms with Crippen molar-refractivity contribution in [2.45, 2.75) is 38.5 Å². The minimum atomic E-state index is -1.63. The summed E-state index contributed by atoms with van der Waals surface area (Å²) in [6, 6.07) is 17.3. The number of halogens is 1. The first-order valence-electron chi connectivity index (χ1n) is 15.6. The molecule has 0 radical (unpaired) electrons. The fourth-order valence-corrected chi connectivity index (χ4v) is 6.03. The van der Waals surface area contributed by atoms with E-state index in [4.69, 9.17) is 19.7 Å². The molecule has 0 amide bonds. The number of pyridine rings is 1. The molecule has 2 fully saturated rings. The van der Waals surface area contributed by atoms with E-state index in [1.807, 2.05) is 37.5 Å². The van der Waals surface area contributed by atoms with Gasteiger partial charge in [-0.25, -0.2) is 9.37 Å². The number of rotatable bonds is 10. The molecule has 0 unspecified atom stereocenters. The zero-order valence-corrected chi connectivity index (χ0v) is 26.0. The largest absolute Gasteiger partial charge is 0.473 e. The van der Waals surface area contributed by atoms with Gasteiger partial charge in [0, 0.05) is 68.8 Å². The van der Waals surface area contributed by atoms with E-state index < -0.39 is 12.1 Å². The summed E-state index contributed by atoms with van der Waals surface area (Å²) in [7, 11) is 1.85. The number of nitrogens with zero attached hydrogens (tertiary/aromatic N) is 8. The van der Waals surface area contributed by atoms with Crippen LogP contribution in [0.4, 0.5) is 10.2 Å². The van der Waals surface area contributed by atoms with E-state index in [1.165, 1.54) is 6.07 Å². The van der Waals surface area contributed by atoms with Gasteiger partial charge in [-0.05, 0) is 42.8 Å². The normalized spacial score (nSPS) is 16.9. The van der Waals surface area contributed by atoms with Crippen LogP contribution in [-0.4, -0.2) is 78.3 Å². The van der Waals surface area contributed by atoms with E-state index in [-0.39, 0.29) is 18.3 Å². The smallest absolute Gasteiger partial charge is 0.215 e. The molecular weight excluding hydrogens is 603 g/mol. The zero-order valence-electron chi connectivity index (χ0n) is 26.0. The number of aryl methyl sites for hydroxylation is 1. The Hall–Kier alpha value is -4.87. The van der Waals surface area contributed by atoms with Crippen LogP contribution < -0.4 is 9.64 Å². The highest BCUT2D eigenvalue weighted by Crippen LogP contribution is 2.33. The van der Waals surface area contributed by atoms with E-state index in [0.717, 1.165) is 67.4 Å². The number of aliphatic hydroxyl groups excluding tert-OH is 1. The van der Waals surface area contributed by atoms with Crippen LogP contribution in [0.2, 0.25) is 0 Å². The number of anilines is 1. The second-order valence-corrected chi connectivity index (χ2v) is 11.9. The quantitative estimate of drug-likeness (QED) is 0.219. The van der Waals surface area contributed by atoms with Crippen molar-refractivity contribution in [3.63, 3.8) is 0 Å². The standard InChI is InChI=1S/C34H35FN8O4/c1-40-9-7-28(39-40)26-16-24(34(44)45)17-29-33(26)38-31(43(29)19-25-8-14-46-25)20-41-10-12-42(13-11-41)30-3-2-4-32(37-30)47-21-23-6-5-22(18-36)15-27(23)35/h2-7,9,15-17,25,34,44-45H,8,10-14,19-21H2,1H3/t25-/m0/s1. The van der Waals surface area contributed by atoms with Gasteiger partial charge in [0.05, 0.1) is 47.6 Å². The molecule has 1 atom stereocenters. The summed E-state index contributed by atoms with van der Waals surface area (Å²) in [6.45, 7) is 5.03. The van der Waals surface area contributed by atoms with Crippen molar-refractivity contribution >= 4 is 16.9 Å². The summed E-state index contributed by atoms with van der Waals surface area (Å²) in [5, 5.41) is 33.8. The van der Waals surface area contributed by atoms with Crippen molar-refractivity contribution in [3.8, 4) is 23.2 Å². The summed E-state index contributed by atoms with van der Waals surface area (Å²) in [5.74, 6) is 1.59. The maximum Gasteiger partial charge on any atom is 0.215 e. The lowest BCUT2D eigenvalue weighted by atomic mass is 10.1. The second kappa shape index (κ2) is 13.1. The Morgan fingerprint density at radius 3 is 2.60 bits per heavy atom. The number of ether oxygens (including phenoxy) is 2. The van der Waals surface area contributed by atoms with Crippen LogP contribution in [0, 0.1) is 17.1 Å². The van der Waals surface area contributed by atoms with E-state index >= 15 is 0 Å². The molecule has 13 heteroatoms. The molecule has 47 heavy (non-hydrogen) atoms. The number of fused-ring (bicyclic) bond motifs is 1. The Labute approximate surface area is 270 Å². The monoisotopic (exact) mass is 638 g/mol. The molecule has 0 spiro atoms. The lowest BCUT2D eigenvalue weighted by molar-refractivity contribution is -0.0592. The van der Waals surface area contributed by atoms with E-state index in [0.29, 0.717) is 35.8 Å². The fraction of sp³-hybridized carbons (Fsp3) is 0.353. The molecule has 5 aromatic rings. The Morgan fingerprint density at radius 1 is 1.09 bits per heavy atom. The third-order valence-electron chi connectivity index (χ3n) is 8.75. The van der Waals surface area contributed by atoms with E-state index in [1.54, 1.807) is 35.0 Å². The van der Waals surface area contributed by atoms with Gasteiger partial charge in [-0.15, -0.1) is 0 Å². The Morgan fingerprint density at radius 2 is 1.91 bits per heavy atom. The molecule has 0 aliphatic carbocycles. The fourth-order valence-electron chi connectivity index (χ4n) is 6.03. The maximum absolute atomic E-state index is 14.3. The Balaban J connectivity index is 1.07. The minimum absolute atomic E-state index is 0.00940. The van der Waals surface area contributed by atoms with Gasteiger partial charge in [-0.3, -0.25) is 9.58 Å². The number of aromatic nitrogens is 5. The number of aliphatic hydroxyl groups is 2. The Kier molecular flexibility index (Phi) is 8.57. The van der Waals surface area contributed by atoms with Crippen molar-refractivity contribution in [2.75, 3.05) is 37.7 Å². The maximum atomic E-state index is 14.3. The summed E-state index contributed by atoms with van der Waals surface area (Å²) in [4.78, 5) is 14.3. The van der Waals surface area contributed by atoms with Crippen LogP contribution in [0.25, 0.3) is 22.3 Å². The molecule has 0 saturated carbocycles. The van der Waals surface area contributed by atoms with Crippen molar-refractivity contribution < 1.29 is 24.1 Å². The SMILES string of the molecule is Cn1ccc(-c2cc(C(O)O)cc3c2nc(CN2CCN(c4cccc(OCc5ccc(C#N)cc5F)n4)CC2)n3C[C@@H]2CCO2)n1. The van der Waals surface area contributed by atoms with Gasteiger partial charge in [0.1, 0.15) is 24.1 Å². The van der Waals surface area contributed by atoms with Gasteiger partial charge in [0.15, 0.2) is 6.29 Å². The molecule has 12 nitrogen and oxygen atoms in total. The average molecular weight is 639 g/mol. The molecule has 242 valence electrons. The first-order chi connectivity index (χ1) is 22.8. The Bertz CT molecular complexity index is 1940. The molecule has 2 aliphatic rings. The van der Waals surface area contributed by atoms with Gasteiger partial charge in [-0.2, -0.15) is 15.3 Å². The number of imidazole rings is 1. The topological polar surface area (TPSA) is 138 Å². The van der Waals surface area contributed by atoms with Crippen LogP contribution in [0.3, 0.4) is 0 Å². The molecule has 2 aliphatic heterocycles. The summed E-state index contributed by atoms with van der Waals surface area (Å²) >= 11 is 0. The summed E-state index contributed by atoms with van der Waals surface area (Å²) < 4.78 is 29.8. The second-order valence-electron chi connectivity index (χ2n) is 11.9. The number of piperazine rings is 1. The van der Waals surface area contributed by atoms with Gasteiger partial charge in [0.25, 0.3) is 0 Å².